The van der Waals surface area contributed by atoms with Crippen molar-refractivity contribution in [3.05, 3.63) is 34.9 Å². The summed E-state index contributed by atoms with van der Waals surface area (Å²) in [6.45, 7) is 12.4. The van der Waals surface area contributed by atoms with Crippen LogP contribution in [0.25, 0.3) is 0 Å². The van der Waals surface area contributed by atoms with Gasteiger partial charge in [-0.2, -0.15) is 0 Å². The van der Waals surface area contributed by atoms with Crippen molar-refractivity contribution in [2.45, 2.75) is 46.6 Å². The van der Waals surface area contributed by atoms with E-state index in [1.54, 1.807) is 0 Å². The van der Waals surface area contributed by atoms with Crippen LogP contribution in [0, 0.1) is 19.3 Å². The molecule has 1 fully saturated rings. The molecule has 0 bridgehead atoms. The van der Waals surface area contributed by atoms with E-state index in [2.05, 4.69) is 50.8 Å². The fourth-order valence-corrected chi connectivity index (χ4v) is 3.32. The number of hydrogen-bond donors (Lipinski definition) is 1. The molecule has 0 aromatic heterocycles. The van der Waals surface area contributed by atoms with Crippen LogP contribution in [0.2, 0.25) is 0 Å². The Morgan fingerprint density at radius 3 is 2.68 bits per heavy atom. The molecule has 2 heteroatoms. The highest BCUT2D eigenvalue weighted by molar-refractivity contribution is 5.32. The number of benzene rings is 1. The summed E-state index contributed by atoms with van der Waals surface area (Å²) in [5.74, 6) is 0. The first kappa shape index (κ1) is 14.5. The van der Waals surface area contributed by atoms with Crippen molar-refractivity contribution in [2.75, 3.05) is 19.6 Å². The van der Waals surface area contributed by atoms with Gasteiger partial charge in [-0.3, -0.25) is 0 Å². The van der Waals surface area contributed by atoms with Crippen molar-refractivity contribution in [1.82, 2.24) is 4.90 Å². The molecule has 1 aliphatic rings. The van der Waals surface area contributed by atoms with E-state index in [1.807, 2.05) is 0 Å². The van der Waals surface area contributed by atoms with Crippen molar-refractivity contribution in [3.8, 4) is 0 Å². The second-order valence-corrected chi connectivity index (χ2v) is 6.97. The Morgan fingerprint density at radius 1 is 1.32 bits per heavy atom. The van der Waals surface area contributed by atoms with Gasteiger partial charge in [-0.25, -0.2) is 0 Å². The summed E-state index contributed by atoms with van der Waals surface area (Å²) in [4.78, 5) is 2.54. The lowest BCUT2D eigenvalue weighted by Crippen LogP contribution is -2.43. The van der Waals surface area contributed by atoms with Gasteiger partial charge in [-0.15, -0.1) is 0 Å². The number of piperidine rings is 1. The quantitative estimate of drug-likeness (QED) is 0.902. The van der Waals surface area contributed by atoms with Gasteiger partial charge in [0.1, 0.15) is 0 Å². The van der Waals surface area contributed by atoms with E-state index in [4.69, 9.17) is 5.73 Å². The summed E-state index contributed by atoms with van der Waals surface area (Å²) in [5, 5.41) is 0. The Balaban J connectivity index is 2.02. The predicted molar refractivity (Wildman–Crippen MR) is 82.3 cm³/mol. The van der Waals surface area contributed by atoms with Gasteiger partial charge < -0.3 is 10.6 Å². The Bertz CT molecular complexity index is 437. The molecular weight excluding hydrogens is 232 g/mol. The lowest BCUT2D eigenvalue weighted by atomic mass is 9.84. The second kappa shape index (κ2) is 5.64. The lowest BCUT2D eigenvalue weighted by molar-refractivity contribution is 0.112. The van der Waals surface area contributed by atoms with Crippen LogP contribution < -0.4 is 5.73 Å². The predicted octanol–water partition coefficient (Wildman–Crippen LogP) is 3.43. The average molecular weight is 260 g/mol. The highest BCUT2D eigenvalue weighted by Gasteiger charge is 2.27. The molecule has 0 aliphatic carbocycles. The summed E-state index contributed by atoms with van der Waals surface area (Å²) in [5.41, 5.74) is 10.8. The van der Waals surface area contributed by atoms with E-state index in [-0.39, 0.29) is 6.04 Å². The van der Waals surface area contributed by atoms with Gasteiger partial charge in [0.2, 0.25) is 0 Å². The van der Waals surface area contributed by atoms with Gasteiger partial charge in [0.15, 0.2) is 0 Å². The van der Waals surface area contributed by atoms with Crippen LogP contribution in [-0.4, -0.2) is 24.5 Å². The summed E-state index contributed by atoms with van der Waals surface area (Å²) >= 11 is 0. The van der Waals surface area contributed by atoms with E-state index < -0.39 is 0 Å². The molecule has 0 saturated carbocycles. The maximum absolute atomic E-state index is 6.42. The largest absolute Gasteiger partial charge is 0.323 e. The molecule has 1 unspecified atom stereocenters. The third kappa shape index (κ3) is 3.80. The minimum absolute atomic E-state index is 0.134. The number of nitrogens with two attached hydrogens (primary N) is 1. The molecule has 19 heavy (non-hydrogen) atoms. The van der Waals surface area contributed by atoms with Crippen LogP contribution in [0.4, 0.5) is 0 Å². The summed E-state index contributed by atoms with van der Waals surface area (Å²) < 4.78 is 0. The van der Waals surface area contributed by atoms with Gasteiger partial charge >= 0.3 is 0 Å². The highest BCUT2D eigenvalue weighted by Crippen LogP contribution is 2.29. The van der Waals surface area contributed by atoms with E-state index in [0.29, 0.717) is 5.41 Å². The highest BCUT2D eigenvalue weighted by atomic mass is 15.1. The zero-order valence-corrected chi connectivity index (χ0v) is 12.9. The van der Waals surface area contributed by atoms with Gasteiger partial charge in [0, 0.05) is 19.1 Å². The van der Waals surface area contributed by atoms with E-state index in [1.165, 1.54) is 42.6 Å². The van der Waals surface area contributed by atoms with Gasteiger partial charge in [-0.05, 0) is 49.8 Å². The molecule has 1 aromatic carbocycles. The van der Waals surface area contributed by atoms with E-state index in [0.717, 1.165) is 6.54 Å². The third-order valence-corrected chi connectivity index (χ3v) is 4.26. The van der Waals surface area contributed by atoms with E-state index in [9.17, 15) is 0 Å². The number of aryl methyl sites for hydroxylation is 2. The summed E-state index contributed by atoms with van der Waals surface area (Å²) in [7, 11) is 0. The Labute approximate surface area is 118 Å². The lowest BCUT2D eigenvalue weighted by Gasteiger charge is -2.39. The first-order chi connectivity index (χ1) is 8.87. The maximum atomic E-state index is 6.42. The normalized spacial score (nSPS) is 21.3. The van der Waals surface area contributed by atoms with Crippen LogP contribution in [0.5, 0.6) is 0 Å². The molecule has 2 N–H and O–H groups in total. The van der Waals surface area contributed by atoms with Crippen LogP contribution >= 0.6 is 0 Å². The van der Waals surface area contributed by atoms with Gasteiger partial charge in [-0.1, -0.05) is 37.6 Å². The topological polar surface area (TPSA) is 29.3 Å². The minimum atomic E-state index is 0.134. The van der Waals surface area contributed by atoms with Crippen LogP contribution in [0.15, 0.2) is 18.2 Å². The molecule has 1 aliphatic heterocycles. The fourth-order valence-electron chi connectivity index (χ4n) is 3.32. The number of rotatable bonds is 3. The molecule has 1 saturated heterocycles. The van der Waals surface area contributed by atoms with Crippen molar-refractivity contribution in [3.63, 3.8) is 0 Å². The molecular formula is C17H28N2. The second-order valence-electron chi connectivity index (χ2n) is 6.97. The molecule has 1 aromatic rings. The average Bonchev–Trinajstić information content (AvgIpc) is 2.27. The maximum Gasteiger partial charge on any atom is 0.0426 e. The zero-order chi connectivity index (χ0) is 14.0. The third-order valence-electron chi connectivity index (χ3n) is 4.26. The first-order valence-corrected chi connectivity index (χ1v) is 7.42. The monoisotopic (exact) mass is 260 g/mol. The molecule has 0 spiro atoms. The van der Waals surface area contributed by atoms with Crippen LogP contribution in [0.1, 0.15) is 49.4 Å². The number of hydrogen-bond acceptors (Lipinski definition) is 2. The first-order valence-electron chi connectivity index (χ1n) is 7.42. The van der Waals surface area contributed by atoms with Crippen molar-refractivity contribution < 1.29 is 0 Å². The summed E-state index contributed by atoms with van der Waals surface area (Å²) in [6.07, 6.45) is 2.63. The summed E-state index contributed by atoms with van der Waals surface area (Å²) in [6, 6.07) is 6.73. The molecule has 2 rings (SSSR count). The molecule has 0 radical (unpaired) electrons. The van der Waals surface area contributed by atoms with Crippen LogP contribution in [-0.2, 0) is 0 Å². The van der Waals surface area contributed by atoms with Crippen molar-refractivity contribution in [1.29, 1.82) is 0 Å². The van der Waals surface area contributed by atoms with Crippen molar-refractivity contribution in [2.24, 2.45) is 11.1 Å². The molecule has 1 heterocycles. The van der Waals surface area contributed by atoms with Gasteiger partial charge in [0.25, 0.3) is 0 Å². The molecule has 0 amide bonds. The fraction of sp³-hybridized carbons (Fsp3) is 0.647. The zero-order valence-electron chi connectivity index (χ0n) is 12.9. The SMILES string of the molecule is Cc1ccc(C(N)CN2CCCC(C)(C)C2)c(C)c1. The molecule has 106 valence electrons. The molecule has 1 atom stereocenters. The Hall–Kier alpha value is -0.860. The van der Waals surface area contributed by atoms with E-state index >= 15 is 0 Å². The Morgan fingerprint density at radius 2 is 2.05 bits per heavy atom. The van der Waals surface area contributed by atoms with Gasteiger partial charge in [0.05, 0.1) is 0 Å². The Kier molecular flexibility index (Phi) is 4.32. The smallest absolute Gasteiger partial charge is 0.0426 e. The number of nitrogens with zero attached hydrogens (tertiary/aromatic N) is 1. The van der Waals surface area contributed by atoms with Crippen molar-refractivity contribution >= 4 is 0 Å². The minimum Gasteiger partial charge on any atom is -0.323 e. The molecule has 2 nitrogen and oxygen atoms in total. The standard InChI is InChI=1S/C17H28N2/c1-13-6-7-15(14(2)10-13)16(18)11-19-9-5-8-17(3,4)12-19/h6-7,10,16H,5,8-9,11-12,18H2,1-4H3. The van der Waals surface area contributed by atoms with Crippen LogP contribution in [0.3, 0.4) is 0 Å². The number of likely N-dealkylation sites (tertiary alicyclic amines) is 1.